The summed E-state index contributed by atoms with van der Waals surface area (Å²) in [5, 5.41) is 19.8. The maximum absolute atomic E-state index is 10.00. The lowest BCUT2D eigenvalue weighted by Gasteiger charge is -2.24. The van der Waals surface area contributed by atoms with Crippen LogP contribution in [0.3, 0.4) is 0 Å². The van der Waals surface area contributed by atoms with Crippen LogP contribution in [0.25, 0.3) is 0 Å². The molecule has 0 amide bonds. The van der Waals surface area contributed by atoms with Crippen molar-refractivity contribution in [2.75, 3.05) is 18.0 Å². The van der Waals surface area contributed by atoms with Crippen LogP contribution in [0.2, 0.25) is 0 Å². The number of hydrogen-bond donors (Lipinski definition) is 2. The van der Waals surface area contributed by atoms with E-state index in [1.807, 2.05) is 25.1 Å². The predicted molar refractivity (Wildman–Crippen MR) is 72.2 cm³/mol. The molecule has 1 aromatic rings. The highest BCUT2D eigenvalue weighted by Crippen LogP contribution is 2.33. The Morgan fingerprint density at radius 2 is 2.18 bits per heavy atom. The van der Waals surface area contributed by atoms with Gasteiger partial charge in [0.2, 0.25) is 0 Å². The van der Waals surface area contributed by atoms with Gasteiger partial charge in [-0.1, -0.05) is 15.9 Å². The third kappa shape index (κ3) is 2.81. The van der Waals surface area contributed by atoms with E-state index < -0.39 is 11.7 Å². The zero-order valence-corrected chi connectivity index (χ0v) is 11.7. The molecule has 1 aliphatic rings. The van der Waals surface area contributed by atoms with Gasteiger partial charge in [-0.3, -0.25) is 0 Å². The zero-order valence-electron chi connectivity index (χ0n) is 10.2. The predicted octanol–water partition coefficient (Wildman–Crippen LogP) is 2.46. The van der Waals surface area contributed by atoms with Crippen molar-refractivity contribution in [2.24, 2.45) is 0 Å². The summed E-state index contributed by atoms with van der Waals surface area (Å²) in [5.74, 6) is 0. The molecular formula is C13H18BrNO2. The zero-order chi connectivity index (χ0) is 12.6. The fourth-order valence-corrected chi connectivity index (χ4v) is 2.68. The van der Waals surface area contributed by atoms with Crippen molar-refractivity contribution in [1.29, 1.82) is 0 Å². The second-order valence-corrected chi connectivity index (χ2v) is 5.96. The van der Waals surface area contributed by atoms with Crippen LogP contribution in [-0.4, -0.2) is 28.9 Å². The lowest BCUT2D eigenvalue weighted by molar-refractivity contribution is 0.0839. The van der Waals surface area contributed by atoms with Gasteiger partial charge >= 0.3 is 0 Å². The molecule has 4 heteroatoms. The third-order valence-electron chi connectivity index (χ3n) is 3.23. The number of halogens is 1. The number of aliphatic hydroxyl groups is 2. The molecule has 0 bridgehead atoms. The molecule has 0 aliphatic carbocycles. The van der Waals surface area contributed by atoms with Crippen LogP contribution in [0.5, 0.6) is 0 Å². The van der Waals surface area contributed by atoms with E-state index in [0.29, 0.717) is 6.54 Å². The van der Waals surface area contributed by atoms with Gasteiger partial charge in [-0.15, -0.1) is 0 Å². The molecule has 17 heavy (non-hydrogen) atoms. The fourth-order valence-electron chi connectivity index (χ4n) is 2.30. The summed E-state index contributed by atoms with van der Waals surface area (Å²) >= 11 is 3.42. The van der Waals surface area contributed by atoms with Crippen molar-refractivity contribution in [2.45, 2.75) is 32.0 Å². The van der Waals surface area contributed by atoms with Gasteiger partial charge in [0.1, 0.15) is 0 Å². The van der Waals surface area contributed by atoms with Crippen molar-refractivity contribution in [3.63, 3.8) is 0 Å². The van der Waals surface area contributed by atoms with E-state index >= 15 is 0 Å². The fraction of sp³-hybridized carbons (Fsp3) is 0.538. The topological polar surface area (TPSA) is 43.7 Å². The summed E-state index contributed by atoms with van der Waals surface area (Å²) in [6, 6.07) is 5.90. The summed E-state index contributed by atoms with van der Waals surface area (Å²) in [7, 11) is 0. The molecule has 0 aromatic heterocycles. The first kappa shape index (κ1) is 12.9. The summed E-state index contributed by atoms with van der Waals surface area (Å²) < 4.78 is 0.961. The average Bonchev–Trinajstić information content (AvgIpc) is 2.58. The largest absolute Gasteiger partial charge is 0.389 e. The summed E-state index contributed by atoms with van der Waals surface area (Å²) in [4.78, 5) is 2.13. The molecule has 2 unspecified atom stereocenters. The van der Waals surface area contributed by atoms with Crippen molar-refractivity contribution in [3.05, 3.63) is 28.2 Å². The Hall–Kier alpha value is -0.580. The molecule has 1 heterocycles. The highest BCUT2D eigenvalue weighted by molar-refractivity contribution is 9.10. The Kier molecular flexibility index (Phi) is 3.48. The van der Waals surface area contributed by atoms with Gasteiger partial charge in [0.15, 0.2) is 0 Å². The maximum atomic E-state index is 10.00. The minimum absolute atomic E-state index is 0.506. The molecule has 0 spiro atoms. The van der Waals surface area contributed by atoms with Crippen LogP contribution in [0.15, 0.2) is 22.7 Å². The van der Waals surface area contributed by atoms with Crippen LogP contribution in [-0.2, 0) is 0 Å². The van der Waals surface area contributed by atoms with Crippen LogP contribution in [0, 0.1) is 0 Å². The van der Waals surface area contributed by atoms with E-state index in [0.717, 1.165) is 28.7 Å². The van der Waals surface area contributed by atoms with E-state index in [1.54, 1.807) is 6.92 Å². The molecule has 0 radical (unpaired) electrons. The second kappa shape index (κ2) is 4.59. The first-order valence-corrected chi connectivity index (χ1v) is 6.63. The van der Waals surface area contributed by atoms with Crippen molar-refractivity contribution >= 4 is 21.6 Å². The number of β-amino-alcohol motifs (C(OH)–C–C–N with tert-alkyl or cyclic N) is 1. The van der Waals surface area contributed by atoms with E-state index in [-0.39, 0.29) is 0 Å². The van der Waals surface area contributed by atoms with Gasteiger partial charge in [-0.05, 0) is 38.5 Å². The quantitative estimate of drug-likeness (QED) is 0.882. The van der Waals surface area contributed by atoms with Crippen LogP contribution < -0.4 is 4.90 Å². The molecule has 1 fully saturated rings. The van der Waals surface area contributed by atoms with Gasteiger partial charge in [-0.2, -0.15) is 0 Å². The first-order chi connectivity index (χ1) is 7.89. The smallest absolute Gasteiger partial charge is 0.0810 e. The van der Waals surface area contributed by atoms with Crippen LogP contribution >= 0.6 is 15.9 Å². The number of benzene rings is 1. The summed E-state index contributed by atoms with van der Waals surface area (Å²) in [6.45, 7) is 5.07. The van der Waals surface area contributed by atoms with E-state index in [4.69, 9.17) is 0 Å². The number of nitrogens with zero attached hydrogens (tertiary/aromatic N) is 1. The molecule has 0 saturated carbocycles. The van der Waals surface area contributed by atoms with Gasteiger partial charge < -0.3 is 15.1 Å². The van der Waals surface area contributed by atoms with Crippen molar-refractivity contribution < 1.29 is 10.2 Å². The molecular weight excluding hydrogens is 282 g/mol. The minimum atomic E-state index is -0.622. The first-order valence-electron chi connectivity index (χ1n) is 5.84. The Balaban J connectivity index is 2.33. The molecule has 1 saturated heterocycles. The molecule has 1 aliphatic heterocycles. The number of aliphatic hydroxyl groups excluding tert-OH is 1. The Labute approximate surface area is 110 Å². The lowest BCUT2D eigenvalue weighted by Crippen LogP contribution is -2.30. The van der Waals surface area contributed by atoms with Gasteiger partial charge in [0, 0.05) is 28.8 Å². The Morgan fingerprint density at radius 1 is 1.47 bits per heavy atom. The number of anilines is 1. The van der Waals surface area contributed by atoms with Crippen molar-refractivity contribution in [3.8, 4) is 0 Å². The van der Waals surface area contributed by atoms with E-state index in [1.165, 1.54) is 0 Å². The Morgan fingerprint density at radius 3 is 2.71 bits per heavy atom. The molecule has 1 aromatic carbocycles. The summed E-state index contributed by atoms with van der Waals surface area (Å²) in [6.07, 6.45) is 0.260. The Bertz CT molecular complexity index is 418. The molecule has 3 nitrogen and oxygen atoms in total. The minimum Gasteiger partial charge on any atom is -0.389 e. The van der Waals surface area contributed by atoms with Crippen LogP contribution in [0.1, 0.15) is 31.9 Å². The highest BCUT2D eigenvalue weighted by Gasteiger charge is 2.32. The monoisotopic (exact) mass is 299 g/mol. The molecule has 2 N–H and O–H groups in total. The SMILES string of the molecule is CC(O)c1cc(Br)ccc1N1CCC(C)(O)C1. The molecule has 2 atom stereocenters. The third-order valence-corrected chi connectivity index (χ3v) is 3.73. The van der Waals surface area contributed by atoms with E-state index in [2.05, 4.69) is 20.8 Å². The second-order valence-electron chi connectivity index (χ2n) is 5.05. The van der Waals surface area contributed by atoms with E-state index in [9.17, 15) is 10.2 Å². The van der Waals surface area contributed by atoms with Crippen LogP contribution in [0.4, 0.5) is 5.69 Å². The standard InChI is InChI=1S/C13H18BrNO2/c1-9(16)11-7-10(14)3-4-12(11)15-6-5-13(2,17)8-15/h3-4,7,9,16-17H,5-6,8H2,1-2H3. The molecule has 2 rings (SSSR count). The van der Waals surface area contributed by atoms with Gasteiger partial charge in [0.05, 0.1) is 11.7 Å². The molecule has 94 valence electrons. The maximum Gasteiger partial charge on any atom is 0.0810 e. The van der Waals surface area contributed by atoms with Gasteiger partial charge in [0.25, 0.3) is 0 Å². The lowest BCUT2D eigenvalue weighted by atomic mass is 10.1. The highest BCUT2D eigenvalue weighted by atomic mass is 79.9. The number of rotatable bonds is 2. The van der Waals surface area contributed by atoms with Crippen molar-refractivity contribution in [1.82, 2.24) is 0 Å². The van der Waals surface area contributed by atoms with Gasteiger partial charge in [-0.25, -0.2) is 0 Å². The summed E-state index contributed by atoms with van der Waals surface area (Å²) in [5.41, 5.74) is 1.29. The number of hydrogen-bond acceptors (Lipinski definition) is 3. The normalized spacial score (nSPS) is 26.3. The average molecular weight is 300 g/mol.